The number of aryl methyl sites for hydroxylation is 1. The Balaban J connectivity index is 1.07. The second-order valence-electron chi connectivity index (χ2n) is 22.1. The molecular formula is C64H62N4OPt. The van der Waals surface area contributed by atoms with Gasteiger partial charge >= 0.3 is 347 Å². The zero-order valence-electron chi connectivity index (χ0n) is 45.6. The summed E-state index contributed by atoms with van der Waals surface area (Å²) in [7, 11) is 0. The number of rotatable bonds is 7. The van der Waals surface area contributed by atoms with Crippen LogP contribution < -0.4 is 4.74 Å². The molecule has 0 saturated heterocycles. The van der Waals surface area contributed by atoms with Crippen molar-refractivity contribution in [3.63, 3.8) is 0 Å². The van der Waals surface area contributed by atoms with E-state index in [1.54, 1.807) is 6.20 Å². The van der Waals surface area contributed by atoms with Gasteiger partial charge < -0.3 is 0 Å². The first-order valence-electron chi connectivity index (χ1n) is 26.5. The molecule has 70 heavy (non-hydrogen) atoms. The molecule has 11 rings (SSSR count). The van der Waals surface area contributed by atoms with E-state index in [4.69, 9.17) is 15.2 Å². The molecule has 1 aliphatic rings. The molecule has 6 heteroatoms. The summed E-state index contributed by atoms with van der Waals surface area (Å²) in [6, 6.07) is 49.2. The van der Waals surface area contributed by atoms with E-state index >= 15 is 0 Å². The van der Waals surface area contributed by atoms with E-state index in [1.165, 1.54) is 38.9 Å². The summed E-state index contributed by atoms with van der Waals surface area (Å²) >= 11 is 2.59. The minimum atomic E-state index is -0.282. The number of hydrogen-bond donors (Lipinski definition) is 0. The Kier molecular flexibility index (Phi) is 10.2. The van der Waals surface area contributed by atoms with Gasteiger partial charge in [-0.2, -0.15) is 0 Å². The van der Waals surface area contributed by atoms with E-state index in [1.807, 2.05) is 34.9 Å². The molecule has 3 heterocycles. The van der Waals surface area contributed by atoms with Gasteiger partial charge in [0.15, 0.2) is 0 Å². The SMILES string of the molecule is [2H]c1c([2H])c([2H])c2c(c1[2H])c1ccc(Oc3ccc4c(c3)C(n3[c](=[Pt])n(-c5c(-c6ccccc6)cccc5-c5cc(C(C)(C)C)cc(C(C)(C)C)c5)c5ccccc53)CCC4)cc1n2-c1cc(C(C)(C)C)ccn1. The predicted molar refractivity (Wildman–Crippen MR) is 288 cm³/mol. The third kappa shape index (κ3) is 8.20. The molecule has 10 aromatic rings. The molecule has 0 fully saturated rings. The second-order valence-corrected chi connectivity index (χ2v) is 23.1. The topological polar surface area (TPSA) is 36.9 Å². The molecule has 0 bridgehead atoms. The van der Waals surface area contributed by atoms with Crippen molar-refractivity contribution >= 4 is 32.8 Å². The van der Waals surface area contributed by atoms with Crippen LogP contribution in [0.5, 0.6) is 11.5 Å². The average Bonchev–Trinajstić information content (AvgIpc) is 3.89. The van der Waals surface area contributed by atoms with Gasteiger partial charge in [-0.15, -0.1) is 0 Å². The first-order chi connectivity index (χ1) is 35.2. The fourth-order valence-corrected chi connectivity index (χ4v) is 11.5. The van der Waals surface area contributed by atoms with Crippen LogP contribution in [0.25, 0.3) is 66.6 Å². The number of fused-ring (bicyclic) bond motifs is 5. The van der Waals surface area contributed by atoms with E-state index in [-0.39, 0.29) is 46.5 Å². The molecule has 0 spiro atoms. The molecule has 5 nitrogen and oxygen atoms in total. The molecule has 0 N–H and O–H groups in total. The monoisotopic (exact) mass is 1100 g/mol. The Hall–Kier alpha value is -6.55. The van der Waals surface area contributed by atoms with E-state index in [0.29, 0.717) is 39.1 Å². The summed E-state index contributed by atoms with van der Waals surface area (Å²) < 4.78 is 50.4. The molecule has 0 radical (unpaired) electrons. The molecule has 1 aliphatic carbocycles. The first kappa shape index (κ1) is 41.3. The van der Waals surface area contributed by atoms with Crippen LogP contribution in [-0.2, 0) is 42.0 Å². The van der Waals surface area contributed by atoms with Crippen LogP contribution in [-0.4, -0.2) is 18.7 Å². The summed E-state index contributed by atoms with van der Waals surface area (Å²) in [4.78, 5) is 4.80. The van der Waals surface area contributed by atoms with Gasteiger partial charge in [-0.1, -0.05) is 38.9 Å². The maximum atomic E-state index is 9.13. The summed E-state index contributed by atoms with van der Waals surface area (Å²) in [6.45, 7) is 20.3. The summed E-state index contributed by atoms with van der Waals surface area (Å²) in [5.41, 5.74) is 15.2. The molecule has 0 amide bonds. The summed E-state index contributed by atoms with van der Waals surface area (Å²) in [5.74, 6) is 1.87. The second kappa shape index (κ2) is 17.4. The number of pyridine rings is 1. The molecule has 3 aromatic heterocycles. The Bertz CT molecular complexity index is 3910. The van der Waals surface area contributed by atoms with Gasteiger partial charge in [-0.3, -0.25) is 0 Å². The van der Waals surface area contributed by atoms with Gasteiger partial charge in [0.05, 0.1) is 5.48 Å². The van der Waals surface area contributed by atoms with E-state index in [9.17, 15) is 0 Å². The average molecular weight is 1100 g/mol. The standard InChI is InChI=1S/C64H62N4O.Pt/c1-62(2,3)45-33-34-65-60(38-45)68-56-25-14-13-22-52(56)53-32-31-49(40-59(53)68)69-48-30-29-43-21-17-28-55(54(43)39-48)66-41-67(58-27-16-15-26-57(58)66)61-50(42-19-11-10-12-20-42)23-18-24-51(61)44-35-46(63(4,5)6)37-47(36-44)64(7,8)9;/h10-16,18-20,22-27,29-40,55H,17,21,28H2,1-9H3;/i13D,14D,22D,25D;. The summed E-state index contributed by atoms with van der Waals surface area (Å²) in [5, 5.41) is 1.15. The first-order valence-corrected chi connectivity index (χ1v) is 25.7. The number of nitrogens with zero attached hydrogens (tertiary/aromatic N) is 4. The van der Waals surface area contributed by atoms with E-state index in [0.717, 1.165) is 50.9 Å². The fourth-order valence-electron chi connectivity index (χ4n) is 10.4. The normalized spacial score (nSPS) is 15.2. The zero-order valence-corrected chi connectivity index (χ0v) is 43.8. The fraction of sp³-hybridized carbons (Fsp3) is 0.250. The quantitative estimate of drug-likeness (QED) is 0.159. The smallest absolute Gasteiger partial charge is 0.239 e. The van der Waals surface area contributed by atoms with Crippen molar-refractivity contribution in [3.05, 3.63) is 202 Å². The molecule has 1 atom stereocenters. The van der Waals surface area contributed by atoms with Crippen LogP contribution in [0, 0.1) is 3.80 Å². The third-order valence-electron chi connectivity index (χ3n) is 14.2. The number of para-hydroxylation sites is 4. The van der Waals surface area contributed by atoms with Gasteiger partial charge in [-0.25, -0.2) is 4.98 Å². The molecule has 0 aliphatic heterocycles. The Morgan fingerprint density at radius 2 is 1.23 bits per heavy atom. The molecule has 0 saturated carbocycles. The van der Waals surface area contributed by atoms with Crippen molar-refractivity contribution in [2.45, 2.75) is 104 Å². The van der Waals surface area contributed by atoms with Crippen LogP contribution in [0.4, 0.5) is 0 Å². The van der Waals surface area contributed by atoms with Gasteiger partial charge in [0.2, 0.25) is 0 Å². The van der Waals surface area contributed by atoms with Crippen LogP contribution in [0.3, 0.4) is 0 Å². The van der Waals surface area contributed by atoms with Crippen LogP contribution in [0.2, 0.25) is 0 Å². The van der Waals surface area contributed by atoms with Crippen LogP contribution in [0.15, 0.2) is 170 Å². The minimum absolute atomic E-state index is 0.0141. The van der Waals surface area contributed by atoms with E-state index in [2.05, 4.69) is 200 Å². The van der Waals surface area contributed by atoms with Crippen molar-refractivity contribution in [2.24, 2.45) is 0 Å². The number of hydrogen-bond acceptors (Lipinski definition) is 2. The Morgan fingerprint density at radius 3 is 1.96 bits per heavy atom. The number of aromatic nitrogens is 4. The zero-order chi connectivity index (χ0) is 52.2. The number of benzene rings is 7. The predicted octanol–water partition coefficient (Wildman–Crippen LogP) is 16.9. The van der Waals surface area contributed by atoms with Crippen molar-refractivity contribution in [1.82, 2.24) is 18.7 Å². The van der Waals surface area contributed by atoms with Crippen molar-refractivity contribution < 1.29 is 29.6 Å². The summed E-state index contributed by atoms with van der Waals surface area (Å²) in [6.07, 6.45) is 4.74. The van der Waals surface area contributed by atoms with Crippen molar-refractivity contribution in [3.8, 4) is 45.3 Å². The van der Waals surface area contributed by atoms with Gasteiger partial charge in [0, 0.05) is 6.20 Å². The van der Waals surface area contributed by atoms with Crippen LogP contribution in [0.1, 0.15) is 114 Å². The van der Waals surface area contributed by atoms with Gasteiger partial charge in [-0.05, 0) is 29.2 Å². The van der Waals surface area contributed by atoms with Gasteiger partial charge in [0.1, 0.15) is 0 Å². The Labute approximate surface area is 429 Å². The molecule has 1 unspecified atom stereocenters. The third-order valence-corrected chi connectivity index (χ3v) is 15.3. The van der Waals surface area contributed by atoms with Crippen LogP contribution >= 0.6 is 0 Å². The van der Waals surface area contributed by atoms with E-state index < -0.39 is 0 Å². The van der Waals surface area contributed by atoms with Crippen molar-refractivity contribution in [2.75, 3.05) is 0 Å². The Morgan fingerprint density at radius 1 is 0.571 bits per heavy atom. The number of imidazole rings is 1. The molecular weight excluding hydrogens is 1040 g/mol. The number of ether oxygens (including phenoxy) is 1. The molecule has 7 aromatic carbocycles. The molecule has 354 valence electrons. The van der Waals surface area contributed by atoms with Crippen molar-refractivity contribution in [1.29, 1.82) is 0 Å². The maximum absolute atomic E-state index is 9.13. The van der Waals surface area contributed by atoms with Gasteiger partial charge in [0.25, 0.3) is 0 Å². The minimum Gasteiger partial charge on any atom is -0.239 e.